The van der Waals surface area contributed by atoms with Gasteiger partial charge < -0.3 is 5.11 Å². The molecule has 1 fully saturated rings. The Bertz CT molecular complexity index is 186. The highest BCUT2D eigenvalue weighted by molar-refractivity contribution is 4.95. The van der Waals surface area contributed by atoms with Gasteiger partial charge in [0.15, 0.2) is 0 Å². The molecule has 0 amide bonds. The van der Waals surface area contributed by atoms with Crippen molar-refractivity contribution in [2.75, 3.05) is 0 Å². The minimum absolute atomic E-state index is 0.387. The fourth-order valence-corrected chi connectivity index (χ4v) is 3.10. The smallest absolute Gasteiger partial charge is 0.0703 e. The summed E-state index contributed by atoms with van der Waals surface area (Å²) < 4.78 is 0. The second kappa shape index (κ2) is 4.22. The van der Waals surface area contributed by atoms with Gasteiger partial charge in [-0.25, -0.2) is 0 Å². The minimum atomic E-state index is -0.411. The van der Waals surface area contributed by atoms with Crippen molar-refractivity contribution in [2.45, 2.75) is 59.5 Å². The molecule has 0 spiro atoms. The quantitative estimate of drug-likeness (QED) is 0.720. The highest BCUT2D eigenvalue weighted by Gasteiger charge is 2.44. The summed E-state index contributed by atoms with van der Waals surface area (Å²) in [5.74, 6) is 2.18. The van der Waals surface area contributed by atoms with Crippen LogP contribution in [0.5, 0.6) is 0 Å². The zero-order valence-corrected chi connectivity index (χ0v) is 10.4. The molecule has 1 N–H and O–H groups in total. The first kappa shape index (κ1) is 12.0. The summed E-state index contributed by atoms with van der Waals surface area (Å²) >= 11 is 0. The van der Waals surface area contributed by atoms with Crippen molar-refractivity contribution in [1.29, 1.82) is 0 Å². The van der Waals surface area contributed by atoms with Crippen LogP contribution in [0.4, 0.5) is 0 Å². The average molecular weight is 198 g/mol. The molecule has 0 aromatic heterocycles. The van der Waals surface area contributed by atoms with E-state index in [0.29, 0.717) is 23.7 Å². The topological polar surface area (TPSA) is 20.2 Å². The third kappa shape index (κ3) is 2.13. The van der Waals surface area contributed by atoms with E-state index in [1.165, 1.54) is 12.8 Å². The van der Waals surface area contributed by atoms with Crippen LogP contribution in [0.2, 0.25) is 0 Å². The van der Waals surface area contributed by atoms with Gasteiger partial charge in [0.1, 0.15) is 0 Å². The molecule has 1 nitrogen and oxygen atoms in total. The summed E-state index contributed by atoms with van der Waals surface area (Å²) in [7, 11) is 0. The van der Waals surface area contributed by atoms with Crippen LogP contribution in [0.25, 0.3) is 0 Å². The van der Waals surface area contributed by atoms with Crippen molar-refractivity contribution in [3.8, 4) is 0 Å². The van der Waals surface area contributed by atoms with Crippen LogP contribution < -0.4 is 0 Å². The third-order valence-corrected chi connectivity index (χ3v) is 4.09. The molecule has 1 rings (SSSR count). The van der Waals surface area contributed by atoms with Gasteiger partial charge in [-0.05, 0) is 36.5 Å². The van der Waals surface area contributed by atoms with Crippen molar-refractivity contribution in [3.63, 3.8) is 0 Å². The van der Waals surface area contributed by atoms with E-state index in [1.54, 1.807) is 0 Å². The van der Waals surface area contributed by atoms with Crippen LogP contribution in [0.1, 0.15) is 53.9 Å². The molecule has 0 aromatic rings. The van der Waals surface area contributed by atoms with E-state index < -0.39 is 5.60 Å². The number of rotatable bonds is 2. The molecule has 1 aliphatic carbocycles. The van der Waals surface area contributed by atoms with Gasteiger partial charge in [-0.3, -0.25) is 0 Å². The largest absolute Gasteiger partial charge is 0.389 e. The molecule has 3 unspecified atom stereocenters. The molecule has 0 heterocycles. The van der Waals surface area contributed by atoms with E-state index >= 15 is 0 Å². The van der Waals surface area contributed by atoms with Crippen LogP contribution in [0.3, 0.4) is 0 Å². The van der Waals surface area contributed by atoms with Crippen molar-refractivity contribution in [2.24, 2.45) is 23.7 Å². The number of aliphatic hydroxyl groups is 1. The maximum absolute atomic E-state index is 10.7. The van der Waals surface area contributed by atoms with E-state index in [9.17, 15) is 5.11 Å². The monoisotopic (exact) mass is 198 g/mol. The summed E-state index contributed by atoms with van der Waals surface area (Å²) in [6, 6.07) is 0. The van der Waals surface area contributed by atoms with E-state index in [4.69, 9.17) is 0 Å². The second-order valence-electron chi connectivity index (χ2n) is 5.88. The summed E-state index contributed by atoms with van der Waals surface area (Å²) in [6.45, 7) is 11.1. The van der Waals surface area contributed by atoms with Gasteiger partial charge in [-0.15, -0.1) is 0 Å². The Hall–Kier alpha value is -0.0400. The molecule has 0 radical (unpaired) electrons. The lowest BCUT2D eigenvalue weighted by Gasteiger charge is -2.47. The molecule has 0 bridgehead atoms. The van der Waals surface area contributed by atoms with E-state index in [-0.39, 0.29) is 0 Å². The second-order valence-corrected chi connectivity index (χ2v) is 5.88. The number of hydrogen-bond acceptors (Lipinski definition) is 1. The van der Waals surface area contributed by atoms with Crippen molar-refractivity contribution in [3.05, 3.63) is 0 Å². The van der Waals surface area contributed by atoms with E-state index in [1.807, 2.05) is 0 Å². The van der Waals surface area contributed by atoms with Crippen molar-refractivity contribution < 1.29 is 5.11 Å². The highest BCUT2D eigenvalue weighted by Crippen LogP contribution is 2.44. The van der Waals surface area contributed by atoms with Crippen LogP contribution >= 0.6 is 0 Å². The number of hydrogen-bond donors (Lipinski definition) is 1. The fourth-order valence-electron chi connectivity index (χ4n) is 3.10. The van der Waals surface area contributed by atoms with Gasteiger partial charge in [0, 0.05) is 0 Å². The fraction of sp³-hybridized carbons (Fsp3) is 1.00. The van der Waals surface area contributed by atoms with Gasteiger partial charge in [0.2, 0.25) is 0 Å². The maximum atomic E-state index is 10.7. The maximum Gasteiger partial charge on any atom is 0.0703 e. The normalized spacial score (nSPS) is 39.4. The van der Waals surface area contributed by atoms with Crippen molar-refractivity contribution in [1.82, 2.24) is 0 Å². The van der Waals surface area contributed by atoms with E-state index in [0.717, 1.165) is 6.42 Å². The first-order chi connectivity index (χ1) is 6.38. The Kier molecular flexibility index (Phi) is 3.63. The molecular formula is C13H26O. The predicted octanol–water partition coefficient (Wildman–Crippen LogP) is 3.47. The molecule has 1 heteroatoms. The summed E-state index contributed by atoms with van der Waals surface area (Å²) in [5, 5.41) is 10.7. The lowest BCUT2D eigenvalue weighted by Crippen LogP contribution is -2.49. The third-order valence-electron chi connectivity index (χ3n) is 4.09. The Morgan fingerprint density at radius 2 is 1.71 bits per heavy atom. The predicted molar refractivity (Wildman–Crippen MR) is 61.1 cm³/mol. The van der Waals surface area contributed by atoms with Crippen LogP contribution in [0, 0.1) is 23.7 Å². The van der Waals surface area contributed by atoms with Crippen LogP contribution in [0.15, 0.2) is 0 Å². The Morgan fingerprint density at radius 3 is 2.14 bits per heavy atom. The molecule has 14 heavy (non-hydrogen) atoms. The molecule has 1 aliphatic rings. The van der Waals surface area contributed by atoms with Gasteiger partial charge in [-0.1, -0.05) is 41.0 Å². The van der Waals surface area contributed by atoms with E-state index in [2.05, 4.69) is 34.6 Å². The van der Waals surface area contributed by atoms with Gasteiger partial charge in [0.25, 0.3) is 0 Å². The van der Waals surface area contributed by atoms with Crippen molar-refractivity contribution >= 4 is 0 Å². The Morgan fingerprint density at radius 1 is 1.14 bits per heavy atom. The van der Waals surface area contributed by atoms with Crippen LogP contribution in [-0.4, -0.2) is 10.7 Å². The lowest BCUT2D eigenvalue weighted by molar-refractivity contribution is -0.112. The molecule has 84 valence electrons. The molecular weight excluding hydrogens is 172 g/mol. The van der Waals surface area contributed by atoms with Crippen LogP contribution in [-0.2, 0) is 0 Å². The Balaban J connectivity index is 2.83. The summed E-state index contributed by atoms with van der Waals surface area (Å²) in [6.07, 6.45) is 3.49. The lowest BCUT2D eigenvalue weighted by atomic mass is 9.63. The van der Waals surface area contributed by atoms with Gasteiger partial charge >= 0.3 is 0 Å². The van der Waals surface area contributed by atoms with Gasteiger partial charge in [0.05, 0.1) is 5.60 Å². The zero-order valence-electron chi connectivity index (χ0n) is 10.4. The standard InChI is InChI=1S/C13H26O/c1-9(2)12-7-6-11(5)8-13(12,14)10(3)4/h9-12,14H,6-8H2,1-5H3. The summed E-state index contributed by atoms with van der Waals surface area (Å²) in [4.78, 5) is 0. The molecule has 0 aliphatic heterocycles. The first-order valence-electron chi connectivity index (χ1n) is 6.10. The zero-order chi connectivity index (χ0) is 10.9. The molecule has 0 saturated heterocycles. The summed E-state index contributed by atoms with van der Waals surface area (Å²) in [5.41, 5.74) is -0.411. The highest BCUT2D eigenvalue weighted by atomic mass is 16.3. The molecule has 3 atom stereocenters. The molecule has 1 saturated carbocycles. The SMILES string of the molecule is CC1CCC(C(C)C)C(O)(C(C)C)C1. The van der Waals surface area contributed by atoms with Gasteiger partial charge in [-0.2, -0.15) is 0 Å². The Labute approximate surface area is 88.9 Å². The average Bonchev–Trinajstić information content (AvgIpc) is 2.02. The first-order valence-corrected chi connectivity index (χ1v) is 6.10. The molecule has 0 aromatic carbocycles. The minimum Gasteiger partial charge on any atom is -0.389 e.